The highest BCUT2D eigenvalue weighted by Gasteiger charge is 2.67. The molecular formula is C29H31N5O11. The summed E-state index contributed by atoms with van der Waals surface area (Å²) in [5.41, 5.74) is -3.20. The van der Waals surface area contributed by atoms with E-state index < -0.39 is 85.7 Å². The van der Waals surface area contributed by atoms with Crippen LogP contribution in [0.2, 0.25) is 0 Å². The van der Waals surface area contributed by atoms with Crippen LogP contribution in [0.15, 0.2) is 65.5 Å². The molecule has 2 fully saturated rings. The number of hydrogen-bond donors (Lipinski definition) is 8. The molecular weight excluding hydrogens is 594 g/mol. The molecule has 0 aliphatic carbocycles. The van der Waals surface area contributed by atoms with Gasteiger partial charge in [-0.3, -0.25) is 29.6 Å². The second kappa shape index (κ2) is 11.9. The molecule has 0 saturated carbocycles. The molecule has 8 atom stereocenters. The number of nitrogens with one attached hydrogen (secondary N) is 2. The number of aromatic amines is 1. The van der Waals surface area contributed by atoms with Crippen molar-refractivity contribution < 1.29 is 49.7 Å². The number of aliphatic hydroxyl groups excluding tert-OH is 6. The SMILES string of the molecule is O=C(Nc1nc2c(c(=O)[nH]1)N(C(=O)c1ccccc1)CN2[C@]1([C@@H]2OC[C@@H](O)[C@@H](O)[C@H]2O)O[C@H](CO)[C@@H](O)[C@H]1O)c1ccccc1. The van der Waals surface area contributed by atoms with Crippen molar-refractivity contribution in [2.24, 2.45) is 0 Å². The number of carbonyl (C=O) groups is 2. The minimum absolute atomic E-state index is 0.175. The zero-order valence-corrected chi connectivity index (χ0v) is 23.5. The summed E-state index contributed by atoms with van der Waals surface area (Å²) in [6, 6.07) is 16.0. The number of benzene rings is 2. The molecule has 16 nitrogen and oxygen atoms in total. The zero-order chi connectivity index (χ0) is 32.0. The van der Waals surface area contributed by atoms with Gasteiger partial charge < -0.3 is 45.0 Å². The van der Waals surface area contributed by atoms with E-state index in [0.29, 0.717) is 0 Å². The number of fused-ring (bicyclic) bond motifs is 1. The standard InChI is InChI=1S/C29H31N5O11/c35-11-17-20(38)22(40)29(45-17,23-21(39)19(37)16(36)12-44-23)34-13-33(27(43)15-9-5-2-6-10-15)18-24(34)30-28(32-26(18)42)31-25(41)14-7-3-1-4-8-14/h1-10,16-17,19-23,35-40H,11-13H2,(H2,30,31,32,41,42)/t16-,17-,19-,20-,21-,22-,23-,29+/m1/s1. The van der Waals surface area contributed by atoms with Crippen LogP contribution in [0.25, 0.3) is 0 Å². The molecule has 0 spiro atoms. The van der Waals surface area contributed by atoms with Crippen LogP contribution in [-0.2, 0) is 9.47 Å². The quantitative estimate of drug-likeness (QED) is 0.145. The van der Waals surface area contributed by atoms with Crippen molar-refractivity contribution in [3.8, 4) is 0 Å². The van der Waals surface area contributed by atoms with Crippen LogP contribution < -0.4 is 20.7 Å². The lowest BCUT2D eigenvalue weighted by molar-refractivity contribution is -0.258. The lowest BCUT2D eigenvalue weighted by atomic mass is 9.87. The number of aliphatic hydroxyl groups is 6. The molecule has 3 aliphatic rings. The molecule has 45 heavy (non-hydrogen) atoms. The summed E-state index contributed by atoms with van der Waals surface area (Å²) in [6.45, 7) is -1.90. The largest absolute Gasteiger partial charge is 0.394 e. The molecule has 2 saturated heterocycles. The number of nitrogens with zero attached hydrogens (tertiary/aromatic N) is 3. The summed E-state index contributed by atoms with van der Waals surface area (Å²) in [5.74, 6) is -1.98. The molecule has 1 aromatic heterocycles. The first-order valence-electron chi connectivity index (χ1n) is 14.0. The molecule has 2 amide bonds. The van der Waals surface area contributed by atoms with Crippen molar-refractivity contribution in [3.63, 3.8) is 0 Å². The third-order valence-corrected chi connectivity index (χ3v) is 8.20. The van der Waals surface area contributed by atoms with E-state index in [2.05, 4.69) is 15.3 Å². The van der Waals surface area contributed by atoms with E-state index in [-0.39, 0.29) is 28.6 Å². The fourth-order valence-corrected chi connectivity index (χ4v) is 5.93. The number of anilines is 3. The number of H-pyrrole nitrogens is 1. The highest BCUT2D eigenvalue weighted by atomic mass is 16.6. The Morgan fingerprint density at radius 2 is 1.60 bits per heavy atom. The first-order valence-corrected chi connectivity index (χ1v) is 14.0. The molecule has 3 aromatic rings. The number of carbonyl (C=O) groups excluding carboxylic acids is 2. The molecule has 16 heteroatoms. The van der Waals surface area contributed by atoms with Gasteiger partial charge in [-0.15, -0.1) is 0 Å². The van der Waals surface area contributed by atoms with Crippen LogP contribution in [0.4, 0.5) is 17.5 Å². The van der Waals surface area contributed by atoms with Gasteiger partial charge in [0.25, 0.3) is 17.4 Å². The maximum atomic E-state index is 13.8. The Labute approximate surface area is 254 Å². The Hall–Kier alpha value is -4.26. The van der Waals surface area contributed by atoms with E-state index in [1.807, 2.05) is 0 Å². The predicted molar refractivity (Wildman–Crippen MR) is 154 cm³/mol. The van der Waals surface area contributed by atoms with Gasteiger partial charge >= 0.3 is 0 Å². The van der Waals surface area contributed by atoms with Crippen LogP contribution in [0, 0.1) is 0 Å². The van der Waals surface area contributed by atoms with Gasteiger partial charge in [-0.25, -0.2) is 0 Å². The molecule has 8 N–H and O–H groups in total. The summed E-state index contributed by atoms with van der Waals surface area (Å²) in [7, 11) is 0. The number of rotatable bonds is 6. The van der Waals surface area contributed by atoms with Crippen molar-refractivity contribution in [1.29, 1.82) is 0 Å². The number of ether oxygens (including phenoxy) is 2. The Morgan fingerprint density at radius 1 is 0.956 bits per heavy atom. The van der Waals surface area contributed by atoms with Crippen molar-refractivity contribution in [3.05, 3.63) is 82.1 Å². The maximum absolute atomic E-state index is 13.8. The lowest BCUT2D eigenvalue weighted by Gasteiger charge is -2.50. The molecule has 6 rings (SSSR count). The van der Waals surface area contributed by atoms with E-state index in [9.17, 15) is 45.0 Å². The van der Waals surface area contributed by atoms with Gasteiger partial charge in [-0.2, -0.15) is 4.98 Å². The van der Waals surface area contributed by atoms with Gasteiger partial charge in [0.05, 0.1) is 13.2 Å². The zero-order valence-electron chi connectivity index (χ0n) is 23.5. The first kappa shape index (κ1) is 30.8. The molecule has 4 heterocycles. The van der Waals surface area contributed by atoms with Gasteiger partial charge in [0.2, 0.25) is 11.7 Å². The Balaban J connectivity index is 1.51. The smallest absolute Gasteiger partial charge is 0.278 e. The summed E-state index contributed by atoms with van der Waals surface area (Å²) >= 11 is 0. The average Bonchev–Trinajstić information content (AvgIpc) is 3.56. The molecule has 238 valence electrons. The third-order valence-electron chi connectivity index (χ3n) is 8.20. The summed E-state index contributed by atoms with van der Waals surface area (Å²) in [5, 5.41) is 66.7. The van der Waals surface area contributed by atoms with Crippen LogP contribution in [0.1, 0.15) is 20.7 Å². The molecule has 0 radical (unpaired) electrons. The van der Waals surface area contributed by atoms with Crippen LogP contribution in [0.3, 0.4) is 0 Å². The fraction of sp³-hybridized carbons (Fsp3) is 0.379. The van der Waals surface area contributed by atoms with Gasteiger partial charge in [0.15, 0.2) is 11.5 Å². The summed E-state index contributed by atoms with van der Waals surface area (Å²) < 4.78 is 11.7. The Bertz CT molecular complexity index is 1630. The normalized spacial score (nSPS) is 31.1. The fourth-order valence-electron chi connectivity index (χ4n) is 5.93. The third kappa shape index (κ3) is 5.06. The number of amides is 2. The number of hydrogen-bond acceptors (Lipinski definition) is 13. The van der Waals surface area contributed by atoms with Crippen molar-refractivity contribution >= 4 is 29.3 Å². The Morgan fingerprint density at radius 3 is 2.22 bits per heavy atom. The van der Waals surface area contributed by atoms with Gasteiger partial charge in [-0.1, -0.05) is 36.4 Å². The maximum Gasteiger partial charge on any atom is 0.278 e. The van der Waals surface area contributed by atoms with Gasteiger partial charge in [0, 0.05) is 11.1 Å². The highest BCUT2D eigenvalue weighted by molar-refractivity contribution is 6.09. The van der Waals surface area contributed by atoms with Crippen molar-refractivity contribution in [2.45, 2.75) is 48.5 Å². The van der Waals surface area contributed by atoms with E-state index >= 15 is 0 Å². The highest BCUT2D eigenvalue weighted by Crippen LogP contribution is 2.47. The predicted octanol–water partition coefficient (Wildman–Crippen LogP) is -2.26. The van der Waals surface area contributed by atoms with E-state index in [1.54, 1.807) is 36.4 Å². The van der Waals surface area contributed by atoms with Gasteiger partial charge in [0.1, 0.15) is 49.4 Å². The van der Waals surface area contributed by atoms with E-state index in [0.717, 1.165) is 9.80 Å². The van der Waals surface area contributed by atoms with E-state index in [4.69, 9.17) is 9.47 Å². The first-order chi connectivity index (χ1) is 21.6. The average molecular weight is 626 g/mol. The van der Waals surface area contributed by atoms with Crippen molar-refractivity contribution in [1.82, 2.24) is 9.97 Å². The minimum Gasteiger partial charge on any atom is -0.394 e. The molecule has 0 bridgehead atoms. The number of aromatic nitrogens is 2. The molecule has 0 unspecified atom stereocenters. The lowest BCUT2D eigenvalue weighted by Crippen LogP contribution is -2.72. The monoisotopic (exact) mass is 625 g/mol. The Kier molecular flexibility index (Phi) is 8.14. The second-order valence-electron chi connectivity index (χ2n) is 10.9. The van der Waals surface area contributed by atoms with Crippen molar-refractivity contribution in [2.75, 3.05) is 35.0 Å². The topological polar surface area (TPSA) is 238 Å². The minimum atomic E-state index is -2.41. The summed E-state index contributed by atoms with van der Waals surface area (Å²) in [6.07, 6.45) is -12.2. The van der Waals surface area contributed by atoms with Crippen LogP contribution in [0.5, 0.6) is 0 Å². The van der Waals surface area contributed by atoms with Gasteiger partial charge in [-0.05, 0) is 24.3 Å². The van der Waals surface area contributed by atoms with E-state index in [1.165, 1.54) is 24.3 Å². The molecule has 3 aliphatic heterocycles. The second-order valence-corrected chi connectivity index (χ2v) is 10.9. The van der Waals surface area contributed by atoms with Crippen LogP contribution in [-0.4, -0.2) is 121 Å². The molecule has 2 aromatic carbocycles. The summed E-state index contributed by atoms with van der Waals surface area (Å²) in [4.78, 5) is 49.3. The van der Waals surface area contributed by atoms with Crippen LogP contribution >= 0.6 is 0 Å².